The fraction of sp³-hybridized carbons (Fsp3) is 0.105. The molecule has 1 N–H and O–H groups in total. The van der Waals surface area contributed by atoms with Crippen molar-refractivity contribution in [3.8, 4) is 0 Å². The van der Waals surface area contributed by atoms with E-state index in [-0.39, 0.29) is 5.69 Å². The van der Waals surface area contributed by atoms with Crippen molar-refractivity contribution < 1.29 is 14.8 Å². The molecule has 0 spiro atoms. The molecule has 3 aromatic carbocycles. The maximum atomic E-state index is 11.7. The SMILES string of the molecule is O=C(O)C(Cc1cccc2ccccc12)c1ccc([N+](=O)[O-])cc1. The zero-order valence-corrected chi connectivity index (χ0v) is 12.8. The third kappa shape index (κ3) is 3.10. The Morgan fingerprint density at radius 1 is 1.00 bits per heavy atom. The number of hydrogen-bond donors (Lipinski definition) is 1. The van der Waals surface area contributed by atoms with Crippen molar-refractivity contribution in [1.82, 2.24) is 0 Å². The van der Waals surface area contributed by atoms with E-state index in [0.717, 1.165) is 16.3 Å². The number of nitro benzene ring substituents is 1. The van der Waals surface area contributed by atoms with Gasteiger partial charge in [-0.15, -0.1) is 0 Å². The number of nitrogens with zero attached hydrogens (tertiary/aromatic N) is 1. The van der Waals surface area contributed by atoms with Gasteiger partial charge in [0, 0.05) is 12.1 Å². The maximum absolute atomic E-state index is 11.7. The predicted octanol–water partition coefficient (Wildman–Crippen LogP) is 4.16. The number of benzene rings is 3. The Morgan fingerprint density at radius 3 is 2.33 bits per heavy atom. The molecule has 0 aliphatic carbocycles. The van der Waals surface area contributed by atoms with E-state index in [1.54, 1.807) is 0 Å². The van der Waals surface area contributed by atoms with Gasteiger partial charge in [0.05, 0.1) is 10.8 Å². The average molecular weight is 321 g/mol. The molecule has 24 heavy (non-hydrogen) atoms. The van der Waals surface area contributed by atoms with Crippen molar-refractivity contribution in [3.63, 3.8) is 0 Å². The summed E-state index contributed by atoms with van der Waals surface area (Å²) in [6.07, 6.45) is 0.328. The molecule has 1 unspecified atom stereocenters. The van der Waals surface area contributed by atoms with Gasteiger partial charge in [0.2, 0.25) is 0 Å². The standard InChI is InChI=1S/C19H15NO4/c21-19(22)18(14-8-10-16(11-9-14)20(23)24)12-15-6-3-5-13-4-1-2-7-17(13)15/h1-11,18H,12H2,(H,21,22). The Bertz CT molecular complexity index is 897. The molecular weight excluding hydrogens is 306 g/mol. The van der Waals surface area contributed by atoms with Crippen molar-refractivity contribution in [3.05, 3.63) is 88.0 Å². The Balaban J connectivity index is 1.97. The van der Waals surface area contributed by atoms with Crippen LogP contribution in [0, 0.1) is 10.1 Å². The molecule has 0 aliphatic heterocycles. The number of rotatable bonds is 5. The highest BCUT2D eigenvalue weighted by atomic mass is 16.6. The molecule has 120 valence electrons. The summed E-state index contributed by atoms with van der Waals surface area (Å²) in [5, 5.41) is 22.4. The first-order valence-electron chi connectivity index (χ1n) is 7.50. The summed E-state index contributed by atoms with van der Waals surface area (Å²) in [6.45, 7) is 0. The van der Waals surface area contributed by atoms with Crippen LogP contribution >= 0.6 is 0 Å². The van der Waals surface area contributed by atoms with Gasteiger partial charge in [0.15, 0.2) is 0 Å². The fourth-order valence-corrected chi connectivity index (χ4v) is 2.87. The van der Waals surface area contributed by atoms with Gasteiger partial charge in [-0.1, -0.05) is 54.6 Å². The molecule has 0 amide bonds. The molecule has 0 aliphatic rings. The van der Waals surface area contributed by atoms with E-state index in [1.165, 1.54) is 24.3 Å². The molecule has 0 fully saturated rings. The first-order valence-corrected chi connectivity index (χ1v) is 7.50. The highest BCUT2D eigenvalue weighted by molar-refractivity contribution is 5.86. The van der Waals surface area contributed by atoms with Gasteiger partial charge in [-0.2, -0.15) is 0 Å². The number of fused-ring (bicyclic) bond motifs is 1. The summed E-state index contributed by atoms with van der Waals surface area (Å²) < 4.78 is 0. The molecule has 5 heteroatoms. The second-order valence-corrected chi connectivity index (χ2v) is 5.58. The van der Waals surface area contributed by atoms with Gasteiger partial charge < -0.3 is 5.11 Å². The van der Waals surface area contributed by atoms with E-state index >= 15 is 0 Å². The maximum Gasteiger partial charge on any atom is 0.311 e. The van der Waals surface area contributed by atoms with Gasteiger partial charge in [0.1, 0.15) is 0 Å². The predicted molar refractivity (Wildman–Crippen MR) is 91.1 cm³/mol. The lowest BCUT2D eigenvalue weighted by molar-refractivity contribution is -0.384. The number of non-ortho nitro benzene ring substituents is 1. The summed E-state index contributed by atoms with van der Waals surface area (Å²) in [6, 6.07) is 19.4. The second-order valence-electron chi connectivity index (χ2n) is 5.58. The lowest BCUT2D eigenvalue weighted by Gasteiger charge is -2.14. The van der Waals surface area contributed by atoms with Crippen LogP contribution in [0.2, 0.25) is 0 Å². The summed E-state index contributed by atoms with van der Waals surface area (Å²) in [5.41, 5.74) is 1.45. The van der Waals surface area contributed by atoms with E-state index in [2.05, 4.69) is 0 Å². The third-order valence-corrected chi connectivity index (χ3v) is 4.11. The molecule has 0 heterocycles. The van der Waals surface area contributed by atoms with Gasteiger partial charge in [-0.25, -0.2) is 0 Å². The smallest absolute Gasteiger partial charge is 0.311 e. The second kappa shape index (κ2) is 6.50. The summed E-state index contributed by atoms with van der Waals surface area (Å²) in [4.78, 5) is 22.0. The summed E-state index contributed by atoms with van der Waals surface area (Å²) >= 11 is 0. The Kier molecular flexibility index (Phi) is 4.24. The summed E-state index contributed by atoms with van der Waals surface area (Å²) in [5.74, 6) is -1.70. The molecule has 0 saturated heterocycles. The topological polar surface area (TPSA) is 80.4 Å². The minimum atomic E-state index is -0.947. The minimum Gasteiger partial charge on any atom is -0.481 e. The zero-order chi connectivity index (χ0) is 17.1. The molecular formula is C19H15NO4. The quantitative estimate of drug-likeness (QED) is 0.565. The van der Waals surface area contributed by atoms with Crippen molar-refractivity contribution in [2.45, 2.75) is 12.3 Å². The number of aliphatic carboxylic acids is 1. The van der Waals surface area contributed by atoms with Gasteiger partial charge in [-0.05, 0) is 28.3 Å². The highest BCUT2D eigenvalue weighted by Crippen LogP contribution is 2.27. The third-order valence-electron chi connectivity index (χ3n) is 4.11. The Hall–Kier alpha value is -3.21. The lowest BCUT2D eigenvalue weighted by atomic mass is 9.89. The number of carboxylic acids is 1. The molecule has 0 bridgehead atoms. The largest absolute Gasteiger partial charge is 0.481 e. The van der Waals surface area contributed by atoms with E-state index in [0.29, 0.717) is 12.0 Å². The lowest BCUT2D eigenvalue weighted by Crippen LogP contribution is -2.14. The fourth-order valence-electron chi connectivity index (χ4n) is 2.87. The van der Waals surface area contributed by atoms with Crippen LogP contribution in [0.25, 0.3) is 10.8 Å². The van der Waals surface area contributed by atoms with Crippen molar-refractivity contribution in [2.24, 2.45) is 0 Å². The minimum absolute atomic E-state index is 0.0481. The summed E-state index contributed by atoms with van der Waals surface area (Å²) in [7, 11) is 0. The Morgan fingerprint density at radius 2 is 1.67 bits per heavy atom. The monoisotopic (exact) mass is 321 g/mol. The molecule has 0 aromatic heterocycles. The van der Waals surface area contributed by atoms with E-state index in [1.807, 2.05) is 42.5 Å². The van der Waals surface area contributed by atoms with Crippen molar-refractivity contribution in [1.29, 1.82) is 0 Å². The van der Waals surface area contributed by atoms with Crippen molar-refractivity contribution >= 4 is 22.4 Å². The average Bonchev–Trinajstić information content (AvgIpc) is 2.59. The first kappa shape index (κ1) is 15.7. The van der Waals surface area contributed by atoms with Crippen LogP contribution in [0.5, 0.6) is 0 Å². The highest BCUT2D eigenvalue weighted by Gasteiger charge is 2.22. The van der Waals surface area contributed by atoms with Gasteiger partial charge >= 0.3 is 5.97 Å². The van der Waals surface area contributed by atoms with Crippen LogP contribution in [-0.4, -0.2) is 16.0 Å². The van der Waals surface area contributed by atoms with Crippen LogP contribution in [0.3, 0.4) is 0 Å². The van der Waals surface area contributed by atoms with Crippen LogP contribution in [0.1, 0.15) is 17.0 Å². The number of carbonyl (C=O) groups is 1. The van der Waals surface area contributed by atoms with E-state index in [4.69, 9.17) is 0 Å². The van der Waals surface area contributed by atoms with Crippen molar-refractivity contribution in [2.75, 3.05) is 0 Å². The normalized spacial score (nSPS) is 12.0. The molecule has 0 radical (unpaired) electrons. The Labute approximate surface area is 138 Å². The number of carboxylic acid groups (broad SMARTS) is 1. The molecule has 3 aromatic rings. The molecule has 5 nitrogen and oxygen atoms in total. The van der Waals surface area contributed by atoms with Gasteiger partial charge in [-0.3, -0.25) is 14.9 Å². The van der Waals surface area contributed by atoms with Crippen LogP contribution < -0.4 is 0 Å². The molecule has 3 rings (SSSR count). The number of nitro groups is 1. The zero-order valence-electron chi connectivity index (χ0n) is 12.8. The number of hydrogen-bond acceptors (Lipinski definition) is 3. The van der Waals surface area contributed by atoms with E-state index in [9.17, 15) is 20.0 Å². The first-order chi connectivity index (χ1) is 11.6. The van der Waals surface area contributed by atoms with Crippen LogP contribution in [-0.2, 0) is 11.2 Å². The molecule has 0 saturated carbocycles. The molecule has 1 atom stereocenters. The van der Waals surface area contributed by atoms with E-state index < -0.39 is 16.8 Å². The van der Waals surface area contributed by atoms with Gasteiger partial charge in [0.25, 0.3) is 5.69 Å². The van der Waals surface area contributed by atoms with Crippen LogP contribution in [0.15, 0.2) is 66.7 Å². The van der Waals surface area contributed by atoms with Crippen LogP contribution in [0.4, 0.5) is 5.69 Å².